The molecule has 24 heavy (non-hydrogen) atoms. The molecule has 1 fully saturated rings. The molecule has 0 spiro atoms. The monoisotopic (exact) mass is 337 g/mol. The summed E-state index contributed by atoms with van der Waals surface area (Å²) in [6, 6.07) is 0. The van der Waals surface area contributed by atoms with Gasteiger partial charge in [0.05, 0.1) is 18.9 Å². The Morgan fingerprint density at radius 3 is 3.08 bits per heavy atom. The number of aryl methyl sites for hydroxylation is 2. The maximum absolute atomic E-state index is 5.76. The summed E-state index contributed by atoms with van der Waals surface area (Å²) in [6.45, 7) is 6.96. The van der Waals surface area contributed by atoms with Gasteiger partial charge in [-0.1, -0.05) is 0 Å². The second kappa shape index (κ2) is 11.0. The Bertz CT molecular complexity index is 483. The Morgan fingerprint density at radius 2 is 2.38 bits per heavy atom. The van der Waals surface area contributed by atoms with E-state index in [0.717, 1.165) is 71.1 Å². The molecule has 0 radical (unpaired) electrons. The highest BCUT2D eigenvalue weighted by Crippen LogP contribution is 2.07. The molecule has 0 aromatic carbocycles. The lowest BCUT2D eigenvalue weighted by atomic mass is 10.2. The minimum absolute atomic E-state index is 0.291. The molecule has 0 aliphatic carbocycles. The van der Waals surface area contributed by atoms with Crippen LogP contribution in [0.3, 0.4) is 0 Å². The number of hydrogen-bond acceptors (Lipinski definition) is 4. The molecule has 2 N–H and O–H groups in total. The van der Waals surface area contributed by atoms with E-state index in [0.29, 0.717) is 6.10 Å². The fourth-order valence-electron chi connectivity index (χ4n) is 2.59. The molecule has 0 saturated carbocycles. The van der Waals surface area contributed by atoms with Crippen molar-refractivity contribution in [1.82, 2.24) is 20.4 Å². The molecule has 1 unspecified atom stereocenters. The zero-order chi connectivity index (χ0) is 17.0. The van der Waals surface area contributed by atoms with Crippen molar-refractivity contribution in [2.24, 2.45) is 12.0 Å². The molecular formula is C17H31N5O2. The molecule has 1 aliphatic heterocycles. The van der Waals surface area contributed by atoms with Crippen molar-refractivity contribution in [3.05, 3.63) is 18.0 Å². The third-order valence-electron chi connectivity index (χ3n) is 3.85. The maximum atomic E-state index is 5.76. The minimum Gasteiger partial charge on any atom is -0.379 e. The second-order valence-corrected chi connectivity index (χ2v) is 6.02. The van der Waals surface area contributed by atoms with E-state index in [-0.39, 0.29) is 0 Å². The maximum Gasteiger partial charge on any atom is 0.191 e. The van der Waals surface area contributed by atoms with Crippen LogP contribution in [0.4, 0.5) is 0 Å². The SMILES string of the molecule is CCNC(=NCCCc1cnn(C)c1)NCCCOC1CCOC1. The number of nitrogens with one attached hydrogen (secondary N) is 2. The molecule has 0 amide bonds. The van der Waals surface area contributed by atoms with Gasteiger partial charge in [-0.15, -0.1) is 0 Å². The van der Waals surface area contributed by atoms with Crippen LogP contribution in [-0.4, -0.2) is 61.3 Å². The summed E-state index contributed by atoms with van der Waals surface area (Å²) in [6.07, 6.45) is 8.29. The van der Waals surface area contributed by atoms with Crippen LogP contribution in [0.1, 0.15) is 31.7 Å². The van der Waals surface area contributed by atoms with Gasteiger partial charge in [0.1, 0.15) is 0 Å². The van der Waals surface area contributed by atoms with Gasteiger partial charge in [0.2, 0.25) is 0 Å². The predicted octanol–water partition coefficient (Wildman–Crippen LogP) is 1.10. The van der Waals surface area contributed by atoms with Crippen molar-refractivity contribution in [2.75, 3.05) is 39.5 Å². The van der Waals surface area contributed by atoms with E-state index < -0.39 is 0 Å². The van der Waals surface area contributed by atoms with Gasteiger partial charge in [0.25, 0.3) is 0 Å². The predicted molar refractivity (Wildman–Crippen MR) is 95.3 cm³/mol. The van der Waals surface area contributed by atoms with Crippen molar-refractivity contribution in [3.8, 4) is 0 Å². The first-order chi connectivity index (χ1) is 11.8. The summed E-state index contributed by atoms with van der Waals surface area (Å²) in [7, 11) is 1.94. The molecule has 7 nitrogen and oxygen atoms in total. The largest absolute Gasteiger partial charge is 0.379 e. The molecule has 0 bridgehead atoms. The van der Waals surface area contributed by atoms with Gasteiger partial charge in [0.15, 0.2) is 5.96 Å². The Balaban J connectivity index is 1.57. The smallest absolute Gasteiger partial charge is 0.191 e. The second-order valence-electron chi connectivity index (χ2n) is 6.02. The van der Waals surface area contributed by atoms with Gasteiger partial charge < -0.3 is 20.1 Å². The fourth-order valence-corrected chi connectivity index (χ4v) is 2.59. The summed E-state index contributed by atoms with van der Waals surface area (Å²) >= 11 is 0. The summed E-state index contributed by atoms with van der Waals surface area (Å²) < 4.78 is 12.9. The third-order valence-corrected chi connectivity index (χ3v) is 3.85. The molecular weight excluding hydrogens is 306 g/mol. The highest BCUT2D eigenvalue weighted by atomic mass is 16.5. The minimum atomic E-state index is 0.291. The molecule has 1 aromatic rings. The number of aromatic nitrogens is 2. The summed E-state index contributed by atoms with van der Waals surface area (Å²) in [5.74, 6) is 0.882. The van der Waals surface area contributed by atoms with Gasteiger partial charge in [-0.3, -0.25) is 9.67 Å². The molecule has 1 saturated heterocycles. The molecule has 7 heteroatoms. The zero-order valence-electron chi connectivity index (χ0n) is 15.0. The van der Waals surface area contributed by atoms with Gasteiger partial charge in [-0.2, -0.15) is 5.10 Å². The van der Waals surface area contributed by atoms with E-state index in [1.165, 1.54) is 5.56 Å². The first kappa shape index (κ1) is 18.7. The van der Waals surface area contributed by atoms with Crippen molar-refractivity contribution >= 4 is 5.96 Å². The molecule has 1 aromatic heterocycles. The normalized spacial score (nSPS) is 18.1. The topological polar surface area (TPSA) is 72.7 Å². The number of ether oxygens (including phenoxy) is 2. The molecule has 136 valence electrons. The Morgan fingerprint density at radius 1 is 1.46 bits per heavy atom. The summed E-state index contributed by atoms with van der Waals surface area (Å²) in [5.41, 5.74) is 1.26. The number of aliphatic imine (C=N–C) groups is 1. The van der Waals surface area contributed by atoms with Gasteiger partial charge in [0, 0.05) is 46.1 Å². The average Bonchev–Trinajstić information content (AvgIpc) is 3.22. The lowest BCUT2D eigenvalue weighted by Crippen LogP contribution is -2.38. The van der Waals surface area contributed by atoms with Gasteiger partial charge in [-0.25, -0.2) is 0 Å². The standard InChI is InChI=1S/C17H31N5O2/c1-3-18-17(19-8-4-6-15-12-21-22(2)13-15)20-9-5-10-24-16-7-11-23-14-16/h12-13,16H,3-11,14H2,1-2H3,(H2,18,19,20). The first-order valence-corrected chi connectivity index (χ1v) is 8.97. The van der Waals surface area contributed by atoms with Crippen LogP contribution in [0.25, 0.3) is 0 Å². The van der Waals surface area contributed by atoms with E-state index in [2.05, 4.69) is 33.8 Å². The van der Waals surface area contributed by atoms with Crippen LogP contribution >= 0.6 is 0 Å². The summed E-state index contributed by atoms with van der Waals surface area (Å²) in [5, 5.41) is 10.8. The van der Waals surface area contributed by atoms with E-state index in [9.17, 15) is 0 Å². The first-order valence-electron chi connectivity index (χ1n) is 8.97. The van der Waals surface area contributed by atoms with E-state index in [4.69, 9.17) is 9.47 Å². The van der Waals surface area contributed by atoms with Crippen molar-refractivity contribution < 1.29 is 9.47 Å². The number of nitrogens with zero attached hydrogens (tertiary/aromatic N) is 3. The third kappa shape index (κ3) is 7.31. The quantitative estimate of drug-likeness (QED) is 0.380. The van der Waals surface area contributed by atoms with Crippen LogP contribution in [0, 0.1) is 0 Å². The van der Waals surface area contributed by atoms with Crippen molar-refractivity contribution in [1.29, 1.82) is 0 Å². The molecule has 2 heterocycles. The number of guanidine groups is 1. The number of rotatable bonds is 10. The summed E-state index contributed by atoms with van der Waals surface area (Å²) in [4.78, 5) is 4.62. The van der Waals surface area contributed by atoms with Crippen LogP contribution in [0.15, 0.2) is 17.4 Å². The van der Waals surface area contributed by atoms with E-state index in [1.807, 2.05) is 17.9 Å². The molecule has 2 rings (SSSR count). The van der Waals surface area contributed by atoms with Crippen LogP contribution in [0.5, 0.6) is 0 Å². The van der Waals surface area contributed by atoms with E-state index >= 15 is 0 Å². The van der Waals surface area contributed by atoms with Crippen LogP contribution < -0.4 is 10.6 Å². The Kier molecular flexibility index (Phi) is 8.62. The highest BCUT2D eigenvalue weighted by molar-refractivity contribution is 5.79. The fraction of sp³-hybridized carbons (Fsp3) is 0.765. The van der Waals surface area contributed by atoms with Crippen molar-refractivity contribution in [3.63, 3.8) is 0 Å². The Labute approximate surface area is 144 Å². The van der Waals surface area contributed by atoms with Crippen LogP contribution in [0.2, 0.25) is 0 Å². The Hall–Kier alpha value is -1.60. The average molecular weight is 337 g/mol. The molecule has 1 aliphatic rings. The van der Waals surface area contributed by atoms with Crippen LogP contribution in [-0.2, 0) is 22.9 Å². The highest BCUT2D eigenvalue weighted by Gasteiger charge is 2.15. The zero-order valence-corrected chi connectivity index (χ0v) is 15.0. The lowest BCUT2D eigenvalue weighted by Gasteiger charge is -2.12. The van der Waals surface area contributed by atoms with Gasteiger partial charge in [-0.05, 0) is 38.2 Å². The lowest BCUT2D eigenvalue weighted by molar-refractivity contribution is 0.0420. The molecule has 1 atom stereocenters. The van der Waals surface area contributed by atoms with Crippen molar-refractivity contribution in [2.45, 2.75) is 38.7 Å². The number of hydrogen-bond donors (Lipinski definition) is 2. The van der Waals surface area contributed by atoms with Gasteiger partial charge >= 0.3 is 0 Å². The van der Waals surface area contributed by atoms with E-state index in [1.54, 1.807) is 0 Å².